The van der Waals surface area contributed by atoms with E-state index in [4.69, 9.17) is 4.74 Å². The Morgan fingerprint density at radius 1 is 1.21 bits per heavy atom. The van der Waals surface area contributed by atoms with E-state index in [9.17, 15) is 4.21 Å². The number of hydrogen-bond acceptors (Lipinski definition) is 2. The second kappa shape index (κ2) is 7.06. The zero-order valence-corrected chi connectivity index (χ0v) is 12.5. The van der Waals surface area contributed by atoms with Gasteiger partial charge in [0.15, 0.2) is 0 Å². The second-order valence-electron chi connectivity index (χ2n) is 5.42. The van der Waals surface area contributed by atoms with Crippen molar-refractivity contribution >= 4 is 11.0 Å². The van der Waals surface area contributed by atoms with E-state index in [1.54, 1.807) is 7.11 Å². The SMILES string of the molecule is COc1ccc(S(=O)NCC2CCC(C)CC2)cc1. The van der Waals surface area contributed by atoms with Gasteiger partial charge in [-0.2, -0.15) is 0 Å². The number of rotatable bonds is 5. The lowest BCUT2D eigenvalue weighted by molar-refractivity contribution is 0.291. The van der Waals surface area contributed by atoms with Gasteiger partial charge in [-0.05, 0) is 48.9 Å². The third-order valence-corrected chi connectivity index (χ3v) is 5.04. The molecule has 2 rings (SSSR count). The van der Waals surface area contributed by atoms with E-state index in [2.05, 4.69) is 11.6 Å². The number of ether oxygens (including phenoxy) is 1. The lowest BCUT2D eigenvalue weighted by Gasteiger charge is -2.26. The van der Waals surface area contributed by atoms with Gasteiger partial charge in [-0.1, -0.05) is 19.8 Å². The molecule has 1 fully saturated rings. The molecule has 0 spiro atoms. The van der Waals surface area contributed by atoms with Crippen molar-refractivity contribution in [3.05, 3.63) is 24.3 Å². The molecule has 1 aliphatic rings. The predicted octanol–water partition coefficient (Wildman–Crippen LogP) is 3.13. The summed E-state index contributed by atoms with van der Waals surface area (Å²) in [5.41, 5.74) is 0. The normalized spacial score (nSPS) is 24.9. The summed E-state index contributed by atoms with van der Waals surface area (Å²) in [5, 5.41) is 0. The molecule has 1 N–H and O–H groups in total. The molecule has 1 saturated carbocycles. The minimum atomic E-state index is -1.11. The molecule has 1 aliphatic carbocycles. The molecule has 1 aromatic carbocycles. The summed E-state index contributed by atoms with van der Waals surface area (Å²) >= 11 is 0. The van der Waals surface area contributed by atoms with Crippen molar-refractivity contribution in [1.29, 1.82) is 0 Å². The van der Waals surface area contributed by atoms with Crippen LogP contribution in [-0.2, 0) is 11.0 Å². The fourth-order valence-electron chi connectivity index (χ4n) is 2.51. The standard InChI is InChI=1S/C15H23NO2S/c1-12-3-5-13(6-4-12)11-16-19(17)15-9-7-14(18-2)8-10-15/h7-10,12-13,16H,3-6,11H2,1-2H3. The largest absolute Gasteiger partial charge is 0.497 e. The third-order valence-electron chi connectivity index (χ3n) is 3.91. The molecule has 0 aliphatic heterocycles. The Hall–Kier alpha value is -0.870. The molecule has 0 aromatic heterocycles. The fourth-order valence-corrected chi connectivity index (χ4v) is 3.45. The van der Waals surface area contributed by atoms with Crippen LogP contribution in [0.3, 0.4) is 0 Å². The first-order valence-corrected chi connectivity index (χ1v) is 8.13. The predicted molar refractivity (Wildman–Crippen MR) is 78.5 cm³/mol. The van der Waals surface area contributed by atoms with Crippen LogP contribution in [0.1, 0.15) is 32.6 Å². The number of benzene rings is 1. The number of hydrogen-bond donors (Lipinski definition) is 1. The van der Waals surface area contributed by atoms with E-state index in [1.165, 1.54) is 25.7 Å². The lowest BCUT2D eigenvalue weighted by atomic mass is 9.83. The van der Waals surface area contributed by atoms with Crippen LogP contribution in [0.25, 0.3) is 0 Å². The molecule has 0 heterocycles. The zero-order chi connectivity index (χ0) is 13.7. The first kappa shape index (κ1) is 14.5. The summed E-state index contributed by atoms with van der Waals surface area (Å²) in [6.07, 6.45) is 5.13. The van der Waals surface area contributed by atoms with Gasteiger partial charge in [0.05, 0.1) is 12.0 Å². The van der Waals surface area contributed by atoms with E-state index in [1.807, 2.05) is 24.3 Å². The highest BCUT2D eigenvalue weighted by Gasteiger charge is 2.18. The summed E-state index contributed by atoms with van der Waals surface area (Å²) in [6.45, 7) is 3.17. The van der Waals surface area contributed by atoms with Crippen molar-refractivity contribution in [2.45, 2.75) is 37.5 Å². The Morgan fingerprint density at radius 3 is 2.42 bits per heavy atom. The highest BCUT2D eigenvalue weighted by molar-refractivity contribution is 7.83. The van der Waals surface area contributed by atoms with Crippen LogP contribution in [0.2, 0.25) is 0 Å². The summed E-state index contributed by atoms with van der Waals surface area (Å²) < 4.78 is 20.4. The van der Waals surface area contributed by atoms with E-state index in [-0.39, 0.29) is 0 Å². The molecule has 1 atom stereocenters. The van der Waals surface area contributed by atoms with Crippen molar-refractivity contribution in [2.24, 2.45) is 11.8 Å². The molecule has 19 heavy (non-hydrogen) atoms. The van der Waals surface area contributed by atoms with Gasteiger partial charge in [0.2, 0.25) is 0 Å². The smallest absolute Gasteiger partial charge is 0.124 e. The Bertz CT molecular complexity index is 411. The van der Waals surface area contributed by atoms with Gasteiger partial charge in [-0.25, -0.2) is 8.93 Å². The number of methoxy groups -OCH3 is 1. The van der Waals surface area contributed by atoms with Crippen LogP contribution in [0.4, 0.5) is 0 Å². The molecule has 1 unspecified atom stereocenters. The van der Waals surface area contributed by atoms with Crippen molar-refractivity contribution in [3.63, 3.8) is 0 Å². The van der Waals surface area contributed by atoms with Crippen LogP contribution in [0.15, 0.2) is 29.2 Å². The molecule has 0 amide bonds. The van der Waals surface area contributed by atoms with Crippen LogP contribution < -0.4 is 9.46 Å². The third kappa shape index (κ3) is 4.32. The molecule has 0 saturated heterocycles. The second-order valence-corrected chi connectivity index (χ2v) is 6.72. The van der Waals surface area contributed by atoms with E-state index in [0.29, 0.717) is 5.92 Å². The molecular weight excluding hydrogens is 258 g/mol. The highest BCUT2D eigenvalue weighted by Crippen LogP contribution is 2.27. The Balaban J connectivity index is 1.80. The van der Waals surface area contributed by atoms with Gasteiger partial charge in [0.25, 0.3) is 0 Å². The summed E-state index contributed by atoms with van der Waals surface area (Å²) in [6, 6.07) is 7.39. The first-order chi connectivity index (χ1) is 9.19. The molecule has 3 nitrogen and oxygen atoms in total. The van der Waals surface area contributed by atoms with Crippen LogP contribution in [0.5, 0.6) is 5.75 Å². The lowest BCUT2D eigenvalue weighted by Crippen LogP contribution is -2.27. The van der Waals surface area contributed by atoms with Gasteiger partial charge in [-0.3, -0.25) is 0 Å². The van der Waals surface area contributed by atoms with E-state index >= 15 is 0 Å². The van der Waals surface area contributed by atoms with E-state index in [0.717, 1.165) is 23.1 Å². The zero-order valence-electron chi connectivity index (χ0n) is 11.7. The Kier molecular flexibility index (Phi) is 5.40. The maximum absolute atomic E-state index is 12.1. The maximum Gasteiger partial charge on any atom is 0.124 e. The van der Waals surface area contributed by atoms with Gasteiger partial charge >= 0.3 is 0 Å². The van der Waals surface area contributed by atoms with E-state index < -0.39 is 11.0 Å². The van der Waals surface area contributed by atoms with Crippen LogP contribution in [-0.4, -0.2) is 17.9 Å². The van der Waals surface area contributed by atoms with Crippen LogP contribution >= 0.6 is 0 Å². The summed E-state index contributed by atoms with van der Waals surface area (Å²) in [4.78, 5) is 0.810. The molecule has 106 valence electrons. The monoisotopic (exact) mass is 281 g/mol. The molecular formula is C15H23NO2S. The van der Waals surface area contributed by atoms with Crippen molar-refractivity contribution in [2.75, 3.05) is 13.7 Å². The summed E-state index contributed by atoms with van der Waals surface area (Å²) in [5.74, 6) is 2.34. The van der Waals surface area contributed by atoms with Crippen molar-refractivity contribution < 1.29 is 8.95 Å². The molecule has 0 radical (unpaired) electrons. The first-order valence-electron chi connectivity index (χ1n) is 6.98. The molecule has 1 aromatic rings. The molecule has 0 bridgehead atoms. The van der Waals surface area contributed by atoms with Crippen molar-refractivity contribution in [3.8, 4) is 5.75 Å². The average Bonchev–Trinajstić information content (AvgIpc) is 2.46. The Morgan fingerprint density at radius 2 is 1.84 bits per heavy atom. The topological polar surface area (TPSA) is 38.3 Å². The quantitative estimate of drug-likeness (QED) is 0.900. The van der Waals surface area contributed by atoms with Gasteiger partial charge in [0.1, 0.15) is 16.7 Å². The van der Waals surface area contributed by atoms with Gasteiger partial charge in [-0.15, -0.1) is 0 Å². The number of nitrogens with one attached hydrogen (secondary N) is 1. The van der Waals surface area contributed by atoms with Gasteiger partial charge in [0, 0.05) is 6.54 Å². The van der Waals surface area contributed by atoms with Crippen molar-refractivity contribution in [1.82, 2.24) is 4.72 Å². The average molecular weight is 281 g/mol. The minimum absolute atomic E-state index is 0.679. The Labute approximate surface area is 118 Å². The van der Waals surface area contributed by atoms with Crippen LogP contribution in [0, 0.1) is 11.8 Å². The highest BCUT2D eigenvalue weighted by atomic mass is 32.2. The van der Waals surface area contributed by atoms with Gasteiger partial charge < -0.3 is 4.74 Å². The molecule has 4 heteroatoms. The minimum Gasteiger partial charge on any atom is -0.497 e. The summed E-state index contributed by atoms with van der Waals surface area (Å²) in [7, 11) is 0.524. The maximum atomic E-state index is 12.1. The fraction of sp³-hybridized carbons (Fsp3) is 0.600.